The minimum Gasteiger partial charge on any atom is -0.493 e. The van der Waals surface area contributed by atoms with Gasteiger partial charge in [0.25, 0.3) is 0 Å². The van der Waals surface area contributed by atoms with Crippen molar-refractivity contribution in [3.8, 4) is 11.5 Å². The largest absolute Gasteiger partial charge is 0.493 e. The fraction of sp³-hybridized carbons (Fsp3) is 0.421. The first kappa shape index (κ1) is 18.7. The molecule has 2 N–H and O–H groups in total. The monoisotopic (exact) mass is 345 g/mol. The Hall–Kier alpha value is -2.63. The van der Waals surface area contributed by atoms with E-state index in [1.807, 2.05) is 30.3 Å². The summed E-state index contributed by atoms with van der Waals surface area (Å²) >= 11 is 0. The van der Waals surface area contributed by atoms with E-state index in [0.717, 1.165) is 49.8 Å². The second kappa shape index (κ2) is 10.3. The van der Waals surface area contributed by atoms with Gasteiger partial charge < -0.3 is 24.5 Å². The van der Waals surface area contributed by atoms with Crippen LogP contribution in [0.5, 0.6) is 11.5 Å². The Kier molecular flexibility index (Phi) is 7.69. The van der Waals surface area contributed by atoms with Crippen LogP contribution in [0.2, 0.25) is 0 Å². The SMILES string of the molecule is CCCCN=C(NCCc1ccco1)Nc1ccc(OC)c(OC)c1. The number of anilines is 1. The Morgan fingerprint density at radius 3 is 2.68 bits per heavy atom. The Bertz CT molecular complexity index is 654. The normalized spacial score (nSPS) is 11.2. The van der Waals surface area contributed by atoms with Crippen molar-refractivity contribution in [2.45, 2.75) is 26.2 Å². The predicted molar refractivity (Wildman–Crippen MR) is 101 cm³/mol. The van der Waals surface area contributed by atoms with Gasteiger partial charge in [0.2, 0.25) is 0 Å². The molecular formula is C19H27N3O3. The molecule has 0 aliphatic carbocycles. The predicted octanol–water partition coefficient (Wildman–Crippen LogP) is 3.70. The van der Waals surface area contributed by atoms with E-state index in [9.17, 15) is 0 Å². The zero-order chi connectivity index (χ0) is 17.9. The summed E-state index contributed by atoms with van der Waals surface area (Å²) in [6.45, 7) is 3.67. The first-order valence-electron chi connectivity index (χ1n) is 8.56. The van der Waals surface area contributed by atoms with E-state index in [1.54, 1.807) is 20.5 Å². The lowest BCUT2D eigenvalue weighted by atomic mass is 10.2. The van der Waals surface area contributed by atoms with Crippen LogP contribution in [0.4, 0.5) is 5.69 Å². The number of nitrogens with one attached hydrogen (secondary N) is 2. The number of unbranched alkanes of at least 4 members (excludes halogenated alkanes) is 1. The summed E-state index contributed by atoms with van der Waals surface area (Å²) in [6.07, 6.45) is 4.65. The van der Waals surface area contributed by atoms with E-state index >= 15 is 0 Å². The molecule has 0 saturated heterocycles. The second-order valence-electron chi connectivity index (χ2n) is 5.53. The number of furan rings is 1. The number of methoxy groups -OCH3 is 2. The number of rotatable bonds is 9. The fourth-order valence-electron chi connectivity index (χ4n) is 2.30. The quantitative estimate of drug-likeness (QED) is 0.412. The van der Waals surface area contributed by atoms with E-state index in [2.05, 4.69) is 22.5 Å². The number of aliphatic imine (C=N–C) groups is 1. The van der Waals surface area contributed by atoms with Gasteiger partial charge in [-0.05, 0) is 30.7 Å². The molecule has 0 fully saturated rings. The van der Waals surface area contributed by atoms with Crippen LogP contribution < -0.4 is 20.1 Å². The Labute approximate surface area is 149 Å². The Balaban J connectivity index is 2.00. The van der Waals surface area contributed by atoms with Crippen LogP contribution in [0, 0.1) is 0 Å². The van der Waals surface area contributed by atoms with Crippen molar-refractivity contribution in [3.05, 3.63) is 42.4 Å². The van der Waals surface area contributed by atoms with Crippen LogP contribution >= 0.6 is 0 Å². The molecule has 1 aromatic carbocycles. The van der Waals surface area contributed by atoms with Gasteiger partial charge in [0.05, 0.1) is 20.5 Å². The minimum absolute atomic E-state index is 0.677. The van der Waals surface area contributed by atoms with Gasteiger partial charge in [0.15, 0.2) is 17.5 Å². The molecule has 1 aromatic heterocycles. The minimum atomic E-state index is 0.677. The third kappa shape index (κ3) is 6.06. The summed E-state index contributed by atoms with van der Waals surface area (Å²) in [6, 6.07) is 9.56. The van der Waals surface area contributed by atoms with E-state index in [-0.39, 0.29) is 0 Å². The average molecular weight is 345 g/mol. The lowest BCUT2D eigenvalue weighted by molar-refractivity contribution is 0.355. The number of nitrogens with zero attached hydrogens (tertiary/aromatic N) is 1. The Morgan fingerprint density at radius 1 is 1.16 bits per heavy atom. The van der Waals surface area contributed by atoms with Gasteiger partial charge in [-0.3, -0.25) is 4.99 Å². The summed E-state index contributed by atoms with van der Waals surface area (Å²) in [4.78, 5) is 4.62. The standard InChI is InChI=1S/C19H27N3O3/c1-4-5-11-20-19(21-12-10-16-7-6-13-25-16)22-15-8-9-17(23-2)18(14-15)24-3/h6-9,13-14H,4-5,10-12H2,1-3H3,(H2,20,21,22). The lowest BCUT2D eigenvalue weighted by Crippen LogP contribution is -2.32. The van der Waals surface area contributed by atoms with E-state index in [0.29, 0.717) is 11.5 Å². The third-order valence-corrected chi connectivity index (χ3v) is 3.67. The highest BCUT2D eigenvalue weighted by Gasteiger charge is 2.07. The highest BCUT2D eigenvalue weighted by Crippen LogP contribution is 2.29. The smallest absolute Gasteiger partial charge is 0.195 e. The van der Waals surface area contributed by atoms with Crippen LogP contribution in [0.15, 0.2) is 46.0 Å². The molecule has 6 heteroatoms. The molecule has 0 spiro atoms. The van der Waals surface area contributed by atoms with Gasteiger partial charge in [-0.2, -0.15) is 0 Å². The van der Waals surface area contributed by atoms with Crippen molar-refractivity contribution in [1.82, 2.24) is 5.32 Å². The van der Waals surface area contributed by atoms with Gasteiger partial charge in [-0.15, -0.1) is 0 Å². The van der Waals surface area contributed by atoms with Crippen LogP contribution in [0.25, 0.3) is 0 Å². The van der Waals surface area contributed by atoms with Gasteiger partial charge in [-0.25, -0.2) is 0 Å². The molecule has 0 amide bonds. The van der Waals surface area contributed by atoms with Crippen LogP contribution in [0.1, 0.15) is 25.5 Å². The molecule has 0 unspecified atom stereocenters. The van der Waals surface area contributed by atoms with Crippen molar-refractivity contribution in [1.29, 1.82) is 0 Å². The topological polar surface area (TPSA) is 68.0 Å². The number of hydrogen-bond donors (Lipinski definition) is 2. The van der Waals surface area contributed by atoms with Crippen molar-refractivity contribution in [2.75, 3.05) is 32.6 Å². The fourth-order valence-corrected chi connectivity index (χ4v) is 2.30. The molecule has 0 bridgehead atoms. The molecular weight excluding hydrogens is 318 g/mol. The summed E-state index contributed by atoms with van der Waals surface area (Å²) in [5, 5.41) is 6.66. The summed E-state index contributed by atoms with van der Waals surface area (Å²) in [5.41, 5.74) is 0.887. The van der Waals surface area contributed by atoms with E-state index in [4.69, 9.17) is 13.9 Å². The maximum absolute atomic E-state index is 5.36. The lowest BCUT2D eigenvalue weighted by Gasteiger charge is -2.14. The molecule has 2 aromatic rings. The summed E-state index contributed by atoms with van der Waals surface area (Å²) in [7, 11) is 3.25. The molecule has 2 rings (SSSR count). The van der Waals surface area contributed by atoms with Crippen molar-refractivity contribution >= 4 is 11.6 Å². The molecule has 0 aliphatic heterocycles. The maximum Gasteiger partial charge on any atom is 0.195 e. The molecule has 136 valence electrons. The van der Waals surface area contributed by atoms with Crippen LogP contribution in [-0.4, -0.2) is 33.3 Å². The maximum atomic E-state index is 5.36. The first-order valence-corrected chi connectivity index (χ1v) is 8.56. The molecule has 0 saturated carbocycles. The first-order chi connectivity index (χ1) is 12.3. The van der Waals surface area contributed by atoms with Gasteiger partial charge >= 0.3 is 0 Å². The van der Waals surface area contributed by atoms with Crippen LogP contribution in [-0.2, 0) is 6.42 Å². The Morgan fingerprint density at radius 2 is 2.00 bits per heavy atom. The van der Waals surface area contributed by atoms with Crippen molar-refractivity contribution in [2.24, 2.45) is 4.99 Å². The zero-order valence-corrected chi connectivity index (χ0v) is 15.2. The molecule has 0 atom stereocenters. The van der Waals surface area contributed by atoms with Gasteiger partial charge in [-0.1, -0.05) is 13.3 Å². The molecule has 0 radical (unpaired) electrons. The number of benzene rings is 1. The highest BCUT2D eigenvalue weighted by molar-refractivity contribution is 5.93. The number of ether oxygens (including phenoxy) is 2. The molecule has 6 nitrogen and oxygen atoms in total. The highest BCUT2D eigenvalue weighted by atomic mass is 16.5. The second-order valence-corrected chi connectivity index (χ2v) is 5.53. The van der Waals surface area contributed by atoms with Crippen molar-refractivity contribution < 1.29 is 13.9 Å². The number of hydrogen-bond acceptors (Lipinski definition) is 4. The summed E-state index contributed by atoms with van der Waals surface area (Å²) < 4.78 is 16.0. The van der Waals surface area contributed by atoms with Crippen LogP contribution in [0.3, 0.4) is 0 Å². The third-order valence-electron chi connectivity index (χ3n) is 3.67. The summed E-state index contributed by atoms with van der Waals surface area (Å²) in [5.74, 6) is 3.07. The van der Waals surface area contributed by atoms with E-state index in [1.165, 1.54) is 0 Å². The number of guanidine groups is 1. The van der Waals surface area contributed by atoms with Gasteiger partial charge in [0, 0.05) is 31.3 Å². The van der Waals surface area contributed by atoms with Gasteiger partial charge in [0.1, 0.15) is 5.76 Å². The molecule has 0 aliphatic rings. The zero-order valence-electron chi connectivity index (χ0n) is 15.2. The molecule has 25 heavy (non-hydrogen) atoms. The average Bonchev–Trinajstić information content (AvgIpc) is 3.15. The molecule has 1 heterocycles. The van der Waals surface area contributed by atoms with E-state index < -0.39 is 0 Å². The van der Waals surface area contributed by atoms with Crippen molar-refractivity contribution in [3.63, 3.8) is 0 Å².